The smallest absolute Gasteiger partial charge is 0.187 e. The molecule has 1 heterocycles. The highest BCUT2D eigenvalue weighted by atomic mass is 35.5. The van der Waals surface area contributed by atoms with E-state index in [1.165, 1.54) is 0 Å². The number of aromatic nitrogens is 4. The lowest BCUT2D eigenvalue weighted by Crippen LogP contribution is -2.01. The van der Waals surface area contributed by atoms with Gasteiger partial charge in [0, 0.05) is 16.3 Å². The fourth-order valence-corrected chi connectivity index (χ4v) is 2.35. The quantitative estimate of drug-likeness (QED) is 0.738. The predicted molar refractivity (Wildman–Crippen MR) is 79.0 cm³/mol. The van der Waals surface area contributed by atoms with E-state index in [-0.39, 0.29) is 0 Å². The van der Waals surface area contributed by atoms with Crippen LogP contribution in [-0.2, 0) is 0 Å². The molecule has 0 bridgehead atoms. The molecule has 20 heavy (non-hydrogen) atoms. The van der Waals surface area contributed by atoms with Crippen molar-refractivity contribution in [3.05, 3.63) is 52.5 Å². The minimum Gasteiger partial charge on any atom is -0.399 e. The van der Waals surface area contributed by atoms with Crippen molar-refractivity contribution in [3.8, 4) is 17.1 Å². The molecule has 2 N–H and O–H groups in total. The number of anilines is 1. The average molecular weight is 306 g/mol. The summed E-state index contributed by atoms with van der Waals surface area (Å²) in [5, 5.41) is 12.8. The second kappa shape index (κ2) is 5.11. The van der Waals surface area contributed by atoms with Crippen LogP contribution in [0.4, 0.5) is 5.69 Å². The molecular weight excluding hydrogens is 297 g/mol. The Hall–Kier alpha value is -2.11. The van der Waals surface area contributed by atoms with Gasteiger partial charge in [-0.15, -0.1) is 5.10 Å². The Labute approximate surface area is 124 Å². The monoisotopic (exact) mass is 305 g/mol. The number of hydrogen-bond acceptors (Lipinski definition) is 4. The molecule has 0 amide bonds. The predicted octanol–water partition coefficient (Wildman–Crippen LogP) is 3.22. The first-order chi connectivity index (χ1) is 9.65. The number of benzene rings is 2. The van der Waals surface area contributed by atoms with E-state index in [0.29, 0.717) is 27.2 Å². The van der Waals surface area contributed by atoms with Gasteiger partial charge in [0.05, 0.1) is 10.7 Å². The minimum absolute atomic E-state index is 0.521. The number of nitrogens with zero attached hydrogens (tertiary/aromatic N) is 4. The highest BCUT2D eigenvalue weighted by molar-refractivity contribution is 6.32. The van der Waals surface area contributed by atoms with E-state index < -0.39 is 0 Å². The number of para-hydroxylation sites is 1. The van der Waals surface area contributed by atoms with Gasteiger partial charge in [-0.3, -0.25) is 0 Å². The van der Waals surface area contributed by atoms with E-state index in [1.807, 2.05) is 18.2 Å². The molecule has 0 spiro atoms. The normalized spacial score (nSPS) is 10.7. The molecule has 0 radical (unpaired) electrons. The zero-order chi connectivity index (χ0) is 14.1. The van der Waals surface area contributed by atoms with Gasteiger partial charge in [0.15, 0.2) is 5.82 Å². The number of nitrogens with two attached hydrogens (primary N) is 1. The molecule has 3 rings (SSSR count). The molecule has 7 heteroatoms. The fourth-order valence-electron chi connectivity index (χ4n) is 1.89. The van der Waals surface area contributed by atoms with Crippen molar-refractivity contribution in [2.45, 2.75) is 0 Å². The van der Waals surface area contributed by atoms with E-state index in [9.17, 15) is 0 Å². The van der Waals surface area contributed by atoms with E-state index in [4.69, 9.17) is 28.9 Å². The topological polar surface area (TPSA) is 69.6 Å². The third kappa shape index (κ3) is 2.33. The molecule has 0 atom stereocenters. The molecule has 2 aromatic carbocycles. The molecule has 0 unspecified atom stereocenters. The van der Waals surface area contributed by atoms with Gasteiger partial charge in [-0.1, -0.05) is 35.3 Å². The first-order valence-corrected chi connectivity index (χ1v) is 6.50. The van der Waals surface area contributed by atoms with Crippen LogP contribution in [0.2, 0.25) is 10.0 Å². The van der Waals surface area contributed by atoms with Crippen molar-refractivity contribution in [2.24, 2.45) is 0 Å². The maximum Gasteiger partial charge on any atom is 0.187 e. The van der Waals surface area contributed by atoms with Crippen molar-refractivity contribution in [3.63, 3.8) is 0 Å². The second-order valence-corrected chi connectivity index (χ2v) is 4.98. The van der Waals surface area contributed by atoms with Crippen molar-refractivity contribution in [1.29, 1.82) is 0 Å². The molecule has 0 saturated carbocycles. The van der Waals surface area contributed by atoms with Crippen molar-refractivity contribution < 1.29 is 0 Å². The van der Waals surface area contributed by atoms with Crippen LogP contribution < -0.4 is 5.73 Å². The van der Waals surface area contributed by atoms with Crippen LogP contribution in [0.25, 0.3) is 17.1 Å². The first-order valence-electron chi connectivity index (χ1n) is 5.75. The molecule has 0 saturated heterocycles. The summed E-state index contributed by atoms with van der Waals surface area (Å²) in [6.07, 6.45) is 0. The van der Waals surface area contributed by atoms with Gasteiger partial charge in [-0.05, 0) is 40.8 Å². The van der Waals surface area contributed by atoms with Crippen molar-refractivity contribution >= 4 is 28.9 Å². The molecular formula is C13H9Cl2N5. The van der Waals surface area contributed by atoms with E-state index in [2.05, 4.69) is 15.5 Å². The van der Waals surface area contributed by atoms with Gasteiger partial charge in [0.2, 0.25) is 0 Å². The zero-order valence-corrected chi connectivity index (χ0v) is 11.7. The third-order valence-electron chi connectivity index (χ3n) is 2.73. The van der Waals surface area contributed by atoms with Gasteiger partial charge >= 0.3 is 0 Å². The lowest BCUT2D eigenvalue weighted by atomic mass is 10.2. The lowest BCUT2D eigenvalue weighted by Gasteiger charge is -2.07. The van der Waals surface area contributed by atoms with Gasteiger partial charge in [-0.25, -0.2) is 0 Å². The van der Waals surface area contributed by atoms with Crippen LogP contribution >= 0.6 is 23.2 Å². The van der Waals surface area contributed by atoms with Crippen LogP contribution in [0.3, 0.4) is 0 Å². The summed E-state index contributed by atoms with van der Waals surface area (Å²) < 4.78 is 1.55. The Kier molecular flexibility index (Phi) is 3.30. The molecule has 0 fully saturated rings. The molecule has 3 aromatic rings. The van der Waals surface area contributed by atoms with Crippen LogP contribution in [0.1, 0.15) is 0 Å². The minimum atomic E-state index is 0.521. The zero-order valence-electron chi connectivity index (χ0n) is 10.2. The number of nitrogen functional groups attached to an aromatic ring is 1. The second-order valence-electron chi connectivity index (χ2n) is 4.14. The van der Waals surface area contributed by atoms with Crippen molar-refractivity contribution in [2.75, 3.05) is 5.73 Å². The van der Waals surface area contributed by atoms with E-state index in [1.54, 1.807) is 28.9 Å². The lowest BCUT2D eigenvalue weighted by molar-refractivity contribution is 0.791. The molecule has 0 aliphatic heterocycles. The summed E-state index contributed by atoms with van der Waals surface area (Å²) in [6.45, 7) is 0. The van der Waals surface area contributed by atoms with Gasteiger partial charge in [0.1, 0.15) is 0 Å². The Morgan fingerprint density at radius 1 is 1.05 bits per heavy atom. The summed E-state index contributed by atoms with van der Waals surface area (Å²) in [4.78, 5) is 0. The summed E-state index contributed by atoms with van der Waals surface area (Å²) in [5.74, 6) is 0.521. The molecule has 1 aromatic heterocycles. The van der Waals surface area contributed by atoms with Crippen molar-refractivity contribution in [1.82, 2.24) is 20.2 Å². The third-order valence-corrected chi connectivity index (χ3v) is 3.27. The standard InChI is InChI=1S/C13H9Cl2N5/c14-9-5-8(6-10(16)7-9)13-17-18-19-20(13)12-4-2-1-3-11(12)15/h1-7H,16H2. The number of hydrogen-bond donors (Lipinski definition) is 1. The van der Waals surface area contributed by atoms with E-state index >= 15 is 0 Å². The fraction of sp³-hybridized carbons (Fsp3) is 0. The van der Waals surface area contributed by atoms with Gasteiger partial charge < -0.3 is 5.73 Å². The van der Waals surface area contributed by atoms with E-state index in [0.717, 1.165) is 5.56 Å². The Balaban J connectivity index is 2.18. The highest BCUT2D eigenvalue weighted by Crippen LogP contribution is 2.27. The highest BCUT2D eigenvalue weighted by Gasteiger charge is 2.13. The Morgan fingerprint density at radius 2 is 1.85 bits per heavy atom. The SMILES string of the molecule is Nc1cc(Cl)cc(-c2nnnn2-c2ccccc2Cl)c1. The number of rotatable bonds is 2. The molecule has 0 aliphatic rings. The molecule has 0 aliphatic carbocycles. The first kappa shape index (κ1) is 12.9. The van der Waals surface area contributed by atoms with Gasteiger partial charge in [-0.2, -0.15) is 4.68 Å². The maximum atomic E-state index is 6.17. The van der Waals surface area contributed by atoms with Crippen LogP contribution in [-0.4, -0.2) is 20.2 Å². The maximum absolute atomic E-state index is 6.17. The average Bonchev–Trinajstić information content (AvgIpc) is 2.87. The summed E-state index contributed by atoms with van der Waals surface area (Å²) in [7, 11) is 0. The molecule has 5 nitrogen and oxygen atoms in total. The van der Waals surface area contributed by atoms with Crippen LogP contribution in [0, 0.1) is 0 Å². The van der Waals surface area contributed by atoms with Gasteiger partial charge in [0.25, 0.3) is 0 Å². The largest absolute Gasteiger partial charge is 0.399 e. The number of tetrazole rings is 1. The summed E-state index contributed by atoms with van der Waals surface area (Å²) in [6, 6.07) is 12.5. The summed E-state index contributed by atoms with van der Waals surface area (Å²) in [5.41, 5.74) is 7.75. The summed E-state index contributed by atoms with van der Waals surface area (Å²) >= 11 is 12.2. The Morgan fingerprint density at radius 3 is 2.60 bits per heavy atom. The van der Waals surface area contributed by atoms with Crippen LogP contribution in [0.15, 0.2) is 42.5 Å². The van der Waals surface area contributed by atoms with Crippen LogP contribution in [0.5, 0.6) is 0 Å². The number of halogens is 2. The Bertz CT molecular complexity index is 749. The molecule has 100 valence electrons.